The van der Waals surface area contributed by atoms with Crippen molar-refractivity contribution in [3.8, 4) is 0 Å². The summed E-state index contributed by atoms with van der Waals surface area (Å²) in [5.74, 6) is -0.470. The average molecular weight is 265 g/mol. The highest BCUT2D eigenvalue weighted by atomic mass is 35.5. The fraction of sp³-hybridized carbons (Fsp3) is 0.455. The first-order chi connectivity index (χ1) is 7.18. The van der Waals surface area contributed by atoms with Gasteiger partial charge < -0.3 is 0 Å². The van der Waals surface area contributed by atoms with E-state index in [1.165, 1.54) is 0 Å². The Hall–Kier alpha value is -0.610. The van der Waals surface area contributed by atoms with Gasteiger partial charge in [-0.05, 0) is 29.5 Å². The molecule has 0 aliphatic carbocycles. The molecule has 0 fully saturated rings. The summed E-state index contributed by atoms with van der Waals surface area (Å²) >= 11 is 5.73. The molecule has 0 saturated heterocycles. The summed E-state index contributed by atoms with van der Waals surface area (Å²) in [6.07, 6.45) is 0.493. The summed E-state index contributed by atoms with van der Waals surface area (Å²) in [6, 6.07) is 7.09. The van der Waals surface area contributed by atoms with Crippen LogP contribution in [-0.4, -0.2) is 14.2 Å². The minimum Gasteiger partial charge on any atom is -0.195 e. The van der Waals surface area contributed by atoms with Crippen molar-refractivity contribution < 1.29 is 12.3 Å². The molecule has 0 heterocycles. The number of rotatable bonds is 4. The van der Waals surface area contributed by atoms with Crippen molar-refractivity contribution in [1.82, 2.24) is 0 Å². The van der Waals surface area contributed by atoms with Crippen LogP contribution in [0.15, 0.2) is 24.3 Å². The van der Waals surface area contributed by atoms with Crippen LogP contribution in [0.3, 0.4) is 0 Å². The molecule has 16 heavy (non-hydrogen) atoms. The van der Waals surface area contributed by atoms with Crippen LogP contribution < -0.4 is 0 Å². The molecule has 0 atom stereocenters. The topological polar surface area (TPSA) is 34.1 Å². The molecule has 0 aliphatic rings. The van der Waals surface area contributed by atoms with Gasteiger partial charge in [-0.15, -0.1) is 3.89 Å². The maximum atomic E-state index is 12.6. The normalized spacial score (nSPS) is 12.8. The summed E-state index contributed by atoms with van der Waals surface area (Å²) < 4.78 is 33.8. The molecule has 1 aromatic carbocycles. The van der Waals surface area contributed by atoms with Gasteiger partial charge in [0.15, 0.2) is 0 Å². The standard InChI is InChI=1S/C11H14ClFO2S/c1-11(2,8-16(13,14)15)7-9-3-5-10(12)6-4-9/h3-6H,7-8H2,1-2H3. The van der Waals surface area contributed by atoms with E-state index in [1.807, 2.05) is 12.1 Å². The van der Waals surface area contributed by atoms with Crippen LogP contribution in [0.2, 0.25) is 5.02 Å². The summed E-state index contributed by atoms with van der Waals surface area (Å²) in [7, 11) is -4.44. The zero-order valence-electron chi connectivity index (χ0n) is 9.20. The molecule has 0 aromatic heterocycles. The number of halogens is 2. The molecule has 0 N–H and O–H groups in total. The Kier molecular flexibility index (Phi) is 3.97. The van der Waals surface area contributed by atoms with Gasteiger partial charge in [0.2, 0.25) is 0 Å². The van der Waals surface area contributed by atoms with E-state index in [0.717, 1.165) is 5.56 Å². The Morgan fingerprint density at radius 3 is 2.19 bits per heavy atom. The van der Waals surface area contributed by atoms with E-state index < -0.39 is 21.4 Å². The van der Waals surface area contributed by atoms with E-state index in [2.05, 4.69) is 0 Å². The molecule has 90 valence electrons. The molecule has 1 rings (SSSR count). The summed E-state index contributed by atoms with van der Waals surface area (Å²) in [5.41, 5.74) is 0.319. The van der Waals surface area contributed by atoms with E-state index in [-0.39, 0.29) is 0 Å². The lowest BCUT2D eigenvalue weighted by Crippen LogP contribution is -2.24. The lowest BCUT2D eigenvalue weighted by molar-refractivity contribution is 0.401. The fourth-order valence-electron chi connectivity index (χ4n) is 1.67. The minimum absolute atomic E-state index is 0.470. The van der Waals surface area contributed by atoms with Crippen molar-refractivity contribution in [1.29, 1.82) is 0 Å². The quantitative estimate of drug-likeness (QED) is 0.783. The minimum atomic E-state index is -4.44. The molecule has 0 saturated carbocycles. The van der Waals surface area contributed by atoms with Crippen molar-refractivity contribution in [2.45, 2.75) is 20.3 Å². The first kappa shape index (κ1) is 13.5. The average Bonchev–Trinajstić information content (AvgIpc) is 2.04. The van der Waals surface area contributed by atoms with Gasteiger partial charge in [0.1, 0.15) is 0 Å². The zero-order chi connectivity index (χ0) is 12.4. The first-order valence-electron chi connectivity index (χ1n) is 4.85. The van der Waals surface area contributed by atoms with Crippen molar-refractivity contribution in [3.05, 3.63) is 34.9 Å². The third-order valence-corrected chi connectivity index (χ3v) is 3.54. The van der Waals surface area contributed by atoms with E-state index in [1.54, 1.807) is 26.0 Å². The Labute approximate surface area is 101 Å². The molecule has 0 bridgehead atoms. The van der Waals surface area contributed by atoms with Gasteiger partial charge in [0.25, 0.3) is 0 Å². The van der Waals surface area contributed by atoms with Gasteiger partial charge in [-0.2, -0.15) is 8.42 Å². The van der Waals surface area contributed by atoms with Gasteiger partial charge in [0, 0.05) is 5.02 Å². The third-order valence-electron chi connectivity index (χ3n) is 2.16. The SMILES string of the molecule is CC(C)(Cc1ccc(Cl)cc1)CS(=O)(=O)F. The van der Waals surface area contributed by atoms with E-state index in [0.29, 0.717) is 11.4 Å². The van der Waals surface area contributed by atoms with Gasteiger partial charge in [-0.1, -0.05) is 37.6 Å². The molecule has 5 heteroatoms. The maximum absolute atomic E-state index is 12.6. The predicted molar refractivity (Wildman–Crippen MR) is 63.8 cm³/mol. The maximum Gasteiger partial charge on any atom is 0.302 e. The second-order valence-corrected chi connectivity index (χ2v) is 6.45. The summed E-state index contributed by atoms with van der Waals surface area (Å²) in [4.78, 5) is 0. The molecule has 1 aromatic rings. The fourth-order valence-corrected chi connectivity index (χ4v) is 2.83. The second kappa shape index (κ2) is 4.72. The third kappa shape index (κ3) is 4.94. The van der Waals surface area contributed by atoms with Gasteiger partial charge in [-0.25, -0.2) is 0 Å². The van der Waals surface area contributed by atoms with Crippen LogP contribution in [0.5, 0.6) is 0 Å². The highest BCUT2D eigenvalue weighted by molar-refractivity contribution is 7.86. The van der Waals surface area contributed by atoms with E-state index in [4.69, 9.17) is 11.6 Å². The van der Waals surface area contributed by atoms with Crippen molar-refractivity contribution >= 4 is 21.8 Å². The largest absolute Gasteiger partial charge is 0.302 e. The molecular weight excluding hydrogens is 251 g/mol. The molecule has 0 amide bonds. The first-order valence-corrected chi connectivity index (χ1v) is 6.78. The molecule has 0 aliphatic heterocycles. The van der Waals surface area contributed by atoms with Crippen LogP contribution in [0.1, 0.15) is 19.4 Å². The van der Waals surface area contributed by atoms with E-state index in [9.17, 15) is 12.3 Å². The smallest absolute Gasteiger partial charge is 0.195 e. The Balaban J connectivity index is 2.76. The highest BCUT2D eigenvalue weighted by Gasteiger charge is 2.26. The Morgan fingerprint density at radius 1 is 1.25 bits per heavy atom. The van der Waals surface area contributed by atoms with Crippen LogP contribution >= 0.6 is 11.6 Å². The molecule has 2 nitrogen and oxygen atoms in total. The predicted octanol–water partition coefficient (Wildman–Crippen LogP) is 3.21. The molecular formula is C11H14ClFO2S. The van der Waals surface area contributed by atoms with E-state index >= 15 is 0 Å². The second-order valence-electron chi connectivity index (χ2n) is 4.65. The summed E-state index contributed by atoms with van der Waals surface area (Å²) in [6.45, 7) is 3.44. The molecule has 0 spiro atoms. The number of hydrogen-bond acceptors (Lipinski definition) is 2. The van der Waals surface area contributed by atoms with Gasteiger partial charge in [-0.3, -0.25) is 0 Å². The van der Waals surface area contributed by atoms with Crippen LogP contribution in [0, 0.1) is 5.41 Å². The monoisotopic (exact) mass is 264 g/mol. The van der Waals surface area contributed by atoms with Crippen molar-refractivity contribution in [2.24, 2.45) is 5.41 Å². The summed E-state index contributed by atoms with van der Waals surface area (Å²) in [5, 5.41) is 0.625. The van der Waals surface area contributed by atoms with Crippen LogP contribution in [-0.2, 0) is 16.6 Å². The van der Waals surface area contributed by atoms with Crippen LogP contribution in [0.4, 0.5) is 3.89 Å². The lowest BCUT2D eigenvalue weighted by Gasteiger charge is -2.22. The lowest BCUT2D eigenvalue weighted by atomic mass is 9.88. The van der Waals surface area contributed by atoms with Crippen molar-refractivity contribution in [2.75, 3.05) is 5.75 Å². The molecule has 0 radical (unpaired) electrons. The highest BCUT2D eigenvalue weighted by Crippen LogP contribution is 2.25. The Bertz CT molecular complexity index is 451. The number of hydrogen-bond donors (Lipinski definition) is 0. The zero-order valence-corrected chi connectivity index (χ0v) is 10.8. The number of benzene rings is 1. The van der Waals surface area contributed by atoms with Gasteiger partial charge in [0.05, 0.1) is 5.75 Å². The van der Waals surface area contributed by atoms with Crippen LogP contribution in [0.25, 0.3) is 0 Å². The molecule has 0 unspecified atom stereocenters. The Morgan fingerprint density at radius 2 is 1.75 bits per heavy atom. The van der Waals surface area contributed by atoms with Crippen molar-refractivity contribution in [3.63, 3.8) is 0 Å². The van der Waals surface area contributed by atoms with Gasteiger partial charge >= 0.3 is 10.2 Å².